The molecule has 6 nitrogen and oxygen atoms in total. The predicted octanol–water partition coefficient (Wildman–Crippen LogP) is 4.62. The van der Waals surface area contributed by atoms with Crippen molar-refractivity contribution in [3.63, 3.8) is 0 Å². The first-order valence-electron chi connectivity index (χ1n) is 11.9. The second kappa shape index (κ2) is 12.0. The smallest absolute Gasteiger partial charge is 0.260 e. The van der Waals surface area contributed by atoms with Gasteiger partial charge in [-0.3, -0.25) is 9.59 Å². The highest BCUT2D eigenvalue weighted by molar-refractivity contribution is 7.99. The highest BCUT2D eigenvalue weighted by atomic mass is 32.2. The van der Waals surface area contributed by atoms with Gasteiger partial charge in [0.1, 0.15) is 11.5 Å². The van der Waals surface area contributed by atoms with Crippen LogP contribution in [0.25, 0.3) is 0 Å². The first-order valence-corrected chi connectivity index (χ1v) is 12.7. The first-order chi connectivity index (χ1) is 16.2. The average Bonchev–Trinajstić information content (AvgIpc) is 2.88. The maximum atomic E-state index is 12.2. The second-order valence-corrected chi connectivity index (χ2v) is 9.65. The third-order valence-corrected chi connectivity index (χ3v) is 7.04. The Labute approximate surface area is 200 Å². The lowest BCUT2D eigenvalue weighted by Gasteiger charge is -2.26. The molecule has 2 aliphatic heterocycles. The molecule has 0 radical (unpaired) electrons. The molecule has 2 heterocycles. The van der Waals surface area contributed by atoms with Gasteiger partial charge in [-0.15, -0.1) is 0 Å². The molecular formula is C26H32N2O4S. The Hall–Kier alpha value is -2.67. The van der Waals surface area contributed by atoms with Crippen molar-refractivity contribution < 1.29 is 19.1 Å². The largest absolute Gasteiger partial charge is 0.484 e. The normalized spacial score (nSPS) is 16.4. The Morgan fingerprint density at radius 3 is 1.33 bits per heavy atom. The maximum absolute atomic E-state index is 12.2. The molecular weight excluding hydrogens is 436 g/mol. The van der Waals surface area contributed by atoms with Gasteiger partial charge >= 0.3 is 0 Å². The summed E-state index contributed by atoms with van der Waals surface area (Å²) in [6, 6.07) is 15.6. The van der Waals surface area contributed by atoms with Crippen LogP contribution in [0.1, 0.15) is 38.5 Å². The quantitative estimate of drug-likeness (QED) is 0.566. The summed E-state index contributed by atoms with van der Waals surface area (Å²) in [6.45, 7) is 3.56. The molecule has 0 saturated carbocycles. The van der Waals surface area contributed by atoms with E-state index in [1.54, 1.807) is 11.8 Å². The molecule has 0 aliphatic carbocycles. The minimum absolute atomic E-state index is 0.0630. The van der Waals surface area contributed by atoms with Gasteiger partial charge in [0.05, 0.1) is 0 Å². The van der Waals surface area contributed by atoms with Crippen molar-refractivity contribution in [3.05, 3.63) is 48.5 Å². The van der Waals surface area contributed by atoms with Crippen LogP contribution in [0.3, 0.4) is 0 Å². The number of benzene rings is 2. The summed E-state index contributed by atoms with van der Waals surface area (Å²) in [4.78, 5) is 30.4. The molecule has 2 aliphatic rings. The number of likely N-dealkylation sites (tertiary alicyclic amines) is 2. The molecule has 2 amide bonds. The minimum Gasteiger partial charge on any atom is -0.484 e. The Morgan fingerprint density at radius 1 is 0.606 bits per heavy atom. The summed E-state index contributed by atoms with van der Waals surface area (Å²) in [5.41, 5.74) is 0. The van der Waals surface area contributed by atoms with E-state index in [0.29, 0.717) is 11.5 Å². The molecule has 0 atom stereocenters. The van der Waals surface area contributed by atoms with E-state index in [0.717, 1.165) is 61.7 Å². The molecule has 2 fully saturated rings. The van der Waals surface area contributed by atoms with Crippen LogP contribution in [0.15, 0.2) is 58.3 Å². The molecule has 0 unspecified atom stereocenters. The van der Waals surface area contributed by atoms with Crippen LogP contribution in [0, 0.1) is 0 Å². The lowest BCUT2D eigenvalue weighted by molar-refractivity contribution is -0.135. The average molecular weight is 469 g/mol. The van der Waals surface area contributed by atoms with Gasteiger partial charge in [-0.05, 0) is 87.1 Å². The van der Waals surface area contributed by atoms with Crippen molar-refractivity contribution in [2.75, 3.05) is 39.4 Å². The van der Waals surface area contributed by atoms with Crippen LogP contribution >= 0.6 is 11.8 Å². The molecule has 7 heteroatoms. The SMILES string of the molecule is O=C(COc1ccc(Sc2ccc(OCC(=O)N3CCCCC3)cc2)cc1)N1CCCCC1. The van der Waals surface area contributed by atoms with Crippen molar-refractivity contribution >= 4 is 23.6 Å². The molecule has 4 rings (SSSR count). The van der Waals surface area contributed by atoms with E-state index < -0.39 is 0 Å². The number of ether oxygens (including phenoxy) is 2. The second-order valence-electron chi connectivity index (χ2n) is 8.51. The minimum atomic E-state index is 0.0630. The van der Waals surface area contributed by atoms with Gasteiger partial charge in [0.15, 0.2) is 13.2 Å². The Bertz CT molecular complexity index is 829. The molecule has 176 valence electrons. The topological polar surface area (TPSA) is 59.1 Å². The third-order valence-electron chi connectivity index (χ3n) is 6.03. The highest BCUT2D eigenvalue weighted by Crippen LogP contribution is 2.30. The Morgan fingerprint density at radius 2 is 0.970 bits per heavy atom. The zero-order chi connectivity index (χ0) is 22.9. The van der Waals surface area contributed by atoms with Gasteiger partial charge in [-0.25, -0.2) is 0 Å². The number of hydrogen-bond donors (Lipinski definition) is 0. The van der Waals surface area contributed by atoms with E-state index in [-0.39, 0.29) is 25.0 Å². The van der Waals surface area contributed by atoms with Gasteiger partial charge in [-0.2, -0.15) is 0 Å². The van der Waals surface area contributed by atoms with Crippen LogP contribution in [-0.2, 0) is 9.59 Å². The van der Waals surface area contributed by atoms with E-state index in [2.05, 4.69) is 0 Å². The fourth-order valence-corrected chi connectivity index (χ4v) is 4.92. The number of rotatable bonds is 8. The van der Waals surface area contributed by atoms with Crippen molar-refractivity contribution in [3.8, 4) is 11.5 Å². The predicted molar refractivity (Wildman–Crippen MR) is 129 cm³/mol. The zero-order valence-corrected chi connectivity index (χ0v) is 19.9. The van der Waals surface area contributed by atoms with Crippen molar-refractivity contribution in [1.82, 2.24) is 9.80 Å². The molecule has 0 bridgehead atoms. The third kappa shape index (κ3) is 7.16. The summed E-state index contributed by atoms with van der Waals surface area (Å²) in [6.07, 6.45) is 6.75. The van der Waals surface area contributed by atoms with E-state index >= 15 is 0 Å². The van der Waals surface area contributed by atoms with Crippen LogP contribution in [-0.4, -0.2) is 61.0 Å². The van der Waals surface area contributed by atoms with E-state index in [1.807, 2.05) is 58.3 Å². The summed E-state index contributed by atoms with van der Waals surface area (Å²) in [5.74, 6) is 1.53. The number of hydrogen-bond acceptors (Lipinski definition) is 5. The summed E-state index contributed by atoms with van der Waals surface area (Å²) in [5, 5.41) is 0. The van der Waals surface area contributed by atoms with Crippen LogP contribution in [0.4, 0.5) is 0 Å². The fraction of sp³-hybridized carbons (Fsp3) is 0.462. The van der Waals surface area contributed by atoms with Gasteiger partial charge in [0.25, 0.3) is 11.8 Å². The van der Waals surface area contributed by atoms with Gasteiger partial charge in [0, 0.05) is 36.0 Å². The molecule has 2 saturated heterocycles. The van der Waals surface area contributed by atoms with Crippen LogP contribution < -0.4 is 9.47 Å². The van der Waals surface area contributed by atoms with Gasteiger partial charge in [-0.1, -0.05) is 11.8 Å². The number of carbonyl (C=O) groups excluding carboxylic acids is 2. The number of piperidine rings is 2. The summed E-state index contributed by atoms with van der Waals surface area (Å²) < 4.78 is 11.4. The van der Waals surface area contributed by atoms with Crippen molar-refractivity contribution in [2.45, 2.75) is 48.3 Å². The summed E-state index contributed by atoms with van der Waals surface area (Å²) in [7, 11) is 0. The molecule has 2 aromatic carbocycles. The molecule has 33 heavy (non-hydrogen) atoms. The lowest BCUT2D eigenvalue weighted by atomic mass is 10.1. The number of nitrogens with zero attached hydrogens (tertiary/aromatic N) is 2. The molecule has 0 aromatic heterocycles. The maximum Gasteiger partial charge on any atom is 0.260 e. The van der Waals surface area contributed by atoms with Gasteiger partial charge < -0.3 is 19.3 Å². The van der Waals surface area contributed by atoms with Gasteiger partial charge in [0.2, 0.25) is 0 Å². The fourth-order valence-electron chi connectivity index (χ4n) is 4.10. The summed E-state index contributed by atoms with van der Waals surface area (Å²) >= 11 is 1.64. The number of amides is 2. The molecule has 2 aromatic rings. The van der Waals surface area contributed by atoms with E-state index in [4.69, 9.17) is 9.47 Å². The Balaban J connectivity index is 1.21. The lowest BCUT2D eigenvalue weighted by Crippen LogP contribution is -2.38. The Kier molecular flexibility index (Phi) is 8.53. The first kappa shape index (κ1) is 23.5. The van der Waals surface area contributed by atoms with Crippen LogP contribution in [0.5, 0.6) is 11.5 Å². The van der Waals surface area contributed by atoms with E-state index in [1.165, 1.54) is 12.8 Å². The highest BCUT2D eigenvalue weighted by Gasteiger charge is 2.17. The van der Waals surface area contributed by atoms with Crippen LogP contribution in [0.2, 0.25) is 0 Å². The monoisotopic (exact) mass is 468 g/mol. The number of carbonyl (C=O) groups is 2. The van der Waals surface area contributed by atoms with Crippen molar-refractivity contribution in [1.29, 1.82) is 0 Å². The van der Waals surface area contributed by atoms with E-state index in [9.17, 15) is 9.59 Å². The zero-order valence-electron chi connectivity index (χ0n) is 19.0. The van der Waals surface area contributed by atoms with Crippen molar-refractivity contribution in [2.24, 2.45) is 0 Å². The standard InChI is InChI=1S/C26H32N2O4S/c29-25(27-15-3-1-4-16-27)19-31-21-7-11-23(12-8-21)33-24-13-9-22(10-14-24)32-20-26(30)28-17-5-2-6-18-28/h7-14H,1-6,15-20H2. The molecule has 0 N–H and O–H groups in total. The molecule has 0 spiro atoms.